The number of nitrogens with zero attached hydrogens (tertiary/aromatic N) is 2. The number of halogens is 2. The van der Waals surface area contributed by atoms with Crippen molar-refractivity contribution in [1.29, 1.82) is 0 Å². The lowest BCUT2D eigenvalue weighted by Gasteiger charge is -2.14. The van der Waals surface area contributed by atoms with Gasteiger partial charge in [0.05, 0.1) is 10.0 Å². The molecule has 0 aliphatic rings. The molecule has 1 atom stereocenters. The third-order valence-corrected chi connectivity index (χ3v) is 3.74. The molecular formula is C14H16Cl2N2O. The van der Waals surface area contributed by atoms with Crippen molar-refractivity contribution < 1.29 is 5.11 Å². The molecule has 1 unspecified atom stereocenters. The number of imidazole rings is 1. The van der Waals surface area contributed by atoms with Crippen LogP contribution in [0.25, 0.3) is 0 Å². The number of aromatic nitrogens is 2. The summed E-state index contributed by atoms with van der Waals surface area (Å²) >= 11 is 11.8. The second-order valence-corrected chi connectivity index (χ2v) is 5.22. The van der Waals surface area contributed by atoms with Crippen LogP contribution in [-0.4, -0.2) is 14.7 Å². The van der Waals surface area contributed by atoms with E-state index in [0.717, 1.165) is 19.4 Å². The lowest BCUT2D eigenvalue weighted by atomic mass is 10.1. The Morgan fingerprint density at radius 1 is 1.32 bits per heavy atom. The molecule has 1 aromatic carbocycles. The predicted octanol–water partition coefficient (Wildman–Crippen LogP) is 4.07. The van der Waals surface area contributed by atoms with E-state index in [1.54, 1.807) is 24.4 Å². The van der Waals surface area contributed by atoms with Gasteiger partial charge in [-0.05, 0) is 24.1 Å². The summed E-state index contributed by atoms with van der Waals surface area (Å²) in [7, 11) is 0. The molecule has 0 aliphatic carbocycles. The highest BCUT2D eigenvalue weighted by molar-refractivity contribution is 6.42. The van der Waals surface area contributed by atoms with Crippen LogP contribution in [0.5, 0.6) is 0 Å². The number of aliphatic hydroxyl groups excluding tert-OH is 1. The maximum Gasteiger partial charge on any atom is 0.142 e. The molecule has 0 amide bonds. The van der Waals surface area contributed by atoms with E-state index >= 15 is 0 Å². The third kappa shape index (κ3) is 3.30. The lowest BCUT2D eigenvalue weighted by molar-refractivity contribution is 0.204. The summed E-state index contributed by atoms with van der Waals surface area (Å²) in [4.78, 5) is 4.23. The first kappa shape index (κ1) is 14.4. The van der Waals surface area contributed by atoms with Crippen molar-refractivity contribution in [3.05, 3.63) is 52.0 Å². The summed E-state index contributed by atoms with van der Waals surface area (Å²) in [6, 6.07) is 5.12. The molecule has 5 heteroatoms. The quantitative estimate of drug-likeness (QED) is 0.903. The Balaban J connectivity index is 2.25. The Morgan fingerprint density at radius 3 is 2.79 bits per heavy atom. The zero-order valence-corrected chi connectivity index (χ0v) is 12.2. The van der Waals surface area contributed by atoms with Gasteiger partial charge in [-0.2, -0.15) is 0 Å². The fourth-order valence-electron chi connectivity index (χ4n) is 1.92. The van der Waals surface area contributed by atoms with E-state index in [1.807, 2.05) is 10.8 Å². The maximum atomic E-state index is 10.4. The van der Waals surface area contributed by atoms with Crippen LogP contribution in [0.3, 0.4) is 0 Å². The van der Waals surface area contributed by atoms with Crippen LogP contribution in [0.2, 0.25) is 10.0 Å². The highest BCUT2D eigenvalue weighted by Gasteiger charge is 2.16. The van der Waals surface area contributed by atoms with Crippen LogP contribution in [0.1, 0.15) is 37.3 Å². The second kappa shape index (κ2) is 6.42. The van der Waals surface area contributed by atoms with Gasteiger partial charge in [0.25, 0.3) is 0 Å². The van der Waals surface area contributed by atoms with Crippen molar-refractivity contribution in [2.24, 2.45) is 0 Å². The standard InChI is InChI=1S/C14H16Cl2N2O/c1-2-3-7-18-8-6-17-14(18)13(19)10-4-5-11(15)12(16)9-10/h4-6,8-9,13,19H,2-3,7H2,1H3. The largest absolute Gasteiger partial charge is 0.380 e. The summed E-state index contributed by atoms with van der Waals surface area (Å²) < 4.78 is 1.97. The number of hydrogen-bond acceptors (Lipinski definition) is 2. The van der Waals surface area contributed by atoms with Crippen molar-refractivity contribution >= 4 is 23.2 Å². The summed E-state index contributed by atoms with van der Waals surface area (Å²) in [5.41, 5.74) is 0.693. The molecule has 0 aliphatic heterocycles. The number of hydrogen-bond donors (Lipinski definition) is 1. The number of rotatable bonds is 5. The van der Waals surface area contributed by atoms with Crippen LogP contribution in [0.4, 0.5) is 0 Å². The Bertz CT molecular complexity index is 554. The minimum absolute atomic E-state index is 0.435. The highest BCUT2D eigenvalue weighted by Crippen LogP contribution is 2.28. The molecule has 1 heterocycles. The van der Waals surface area contributed by atoms with Gasteiger partial charge in [-0.3, -0.25) is 0 Å². The lowest BCUT2D eigenvalue weighted by Crippen LogP contribution is -2.10. The van der Waals surface area contributed by atoms with E-state index in [-0.39, 0.29) is 0 Å². The van der Waals surface area contributed by atoms with Crippen molar-refractivity contribution in [2.45, 2.75) is 32.4 Å². The molecule has 102 valence electrons. The van der Waals surface area contributed by atoms with Gasteiger partial charge in [0.15, 0.2) is 0 Å². The van der Waals surface area contributed by atoms with Gasteiger partial charge in [-0.15, -0.1) is 0 Å². The average Bonchev–Trinajstić information content (AvgIpc) is 2.87. The SMILES string of the molecule is CCCCn1ccnc1C(O)c1ccc(Cl)c(Cl)c1. The number of benzene rings is 1. The molecule has 1 aromatic heterocycles. The molecule has 2 aromatic rings. The van der Waals surface area contributed by atoms with Crippen molar-refractivity contribution in [1.82, 2.24) is 9.55 Å². The monoisotopic (exact) mass is 298 g/mol. The summed E-state index contributed by atoms with van der Waals surface area (Å²) in [5.74, 6) is 0.631. The molecule has 1 N–H and O–H groups in total. The van der Waals surface area contributed by atoms with Gasteiger partial charge in [-0.1, -0.05) is 42.6 Å². The topological polar surface area (TPSA) is 38.0 Å². The van der Waals surface area contributed by atoms with E-state index in [1.165, 1.54) is 0 Å². The summed E-state index contributed by atoms with van der Waals surface area (Å²) in [6.45, 7) is 2.98. The van der Waals surface area contributed by atoms with Crippen LogP contribution < -0.4 is 0 Å². The molecule has 0 spiro atoms. The second-order valence-electron chi connectivity index (χ2n) is 4.41. The normalized spacial score (nSPS) is 12.6. The minimum Gasteiger partial charge on any atom is -0.380 e. The summed E-state index contributed by atoms with van der Waals surface area (Å²) in [5, 5.41) is 11.3. The number of aryl methyl sites for hydroxylation is 1. The summed E-state index contributed by atoms with van der Waals surface area (Å²) in [6.07, 6.45) is 4.94. The molecule has 0 bridgehead atoms. The average molecular weight is 299 g/mol. The van der Waals surface area contributed by atoms with Gasteiger partial charge in [-0.25, -0.2) is 4.98 Å². The number of aliphatic hydroxyl groups is 1. The van der Waals surface area contributed by atoms with Gasteiger partial charge in [0.1, 0.15) is 11.9 Å². The van der Waals surface area contributed by atoms with Crippen molar-refractivity contribution in [2.75, 3.05) is 0 Å². The third-order valence-electron chi connectivity index (χ3n) is 3.00. The van der Waals surface area contributed by atoms with Gasteiger partial charge < -0.3 is 9.67 Å². The maximum absolute atomic E-state index is 10.4. The van der Waals surface area contributed by atoms with Crippen LogP contribution in [0.15, 0.2) is 30.6 Å². The first-order chi connectivity index (χ1) is 9.13. The highest BCUT2D eigenvalue weighted by atomic mass is 35.5. The fraction of sp³-hybridized carbons (Fsp3) is 0.357. The van der Waals surface area contributed by atoms with Gasteiger partial charge >= 0.3 is 0 Å². The van der Waals surface area contributed by atoms with Crippen molar-refractivity contribution in [3.8, 4) is 0 Å². The smallest absolute Gasteiger partial charge is 0.142 e. The molecule has 3 nitrogen and oxygen atoms in total. The van der Waals surface area contributed by atoms with E-state index in [9.17, 15) is 5.11 Å². The zero-order valence-electron chi connectivity index (χ0n) is 10.7. The molecule has 0 saturated carbocycles. The van der Waals surface area contributed by atoms with E-state index in [2.05, 4.69) is 11.9 Å². The molecule has 0 fully saturated rings. The minimum atomic E-state index is -0.790. The Labute approximate surface area is 122 Å². The zero-order chi connectivity index (χ0) is 13.8. The van der Waals surface area contributed by atoms with Gasteiger partial charge in [0.2, 0.25) is 0 Å². The Kier molecular flexibility index (Phi) is 4.86. The Morgan fingerprint density at radius 2 is 2.11 bits per heavy atom. The number of unbranched alkanes of at least 4 members (excludes halogenated alkanes) is 1. The van der Waals surface area contributed by atoms with Crippen molar-refractivity contribution in [3.63, 3.8) is 0 Å². The molecule has 0 radical (unpaired) electrons. The van der Waals surface area contributed by atoms with Gasteiger partial charge in [0, 0.05) is 18.9 Å². The van der Waals surface area contributed by atoms with Crippen LogP contribution in [0, 0.1) is 0 Å². The molecular weight excluding hydrogens is 283 g/mol. The first-order valence-corrected chi connectivity index (χ1v) is 7.03. The van der Waals surface area contributed by atoms with Crippen LogP contribution in [-0.2, 0) is 6.54 Å². The Hall–Kier alpha value is -1.03. The fourth-order valence-corrected chi connectivity index (χ4v) is 2.22. The van der Waals surface area contributed by atoms with E-state index < -0.39 is 6.10 Å². The van der Waals surface area contributed by atoms with E-state index in [4.69, 9.17) is 23.2 Å². The predicted molar refractivity (Wildman–Crippen MR) is 77.7 cm³/mol. The first-order valence-electron chi connectivity index (χ1n) is 6.27. The van der Waals surface area contributed by atoms with E-state index in [0.29, 0.717) is 21.4 Å². The molecule has 19 heavy (non-hydrogen) atoms. The van der Waals surface area contributed by atoms with Crippen LogP contribution >= 0.6 is 23.2 Å². The molecule has 2 rings (SSSR count). The molecule has 0 saturated heterocycles.